The lowest BCUT2D eigenvalue weighted by Crippen LogP contribution is -2.49. The van der Waals surface area contributed by atoms with Crippen molar-refractivity contribution in [1.82, 2.24) is 9.80 Å². The summed E-state index contributed by atoms with van der Waals surface area (Å²) in [5.74, 6) is 0.703. The Balaban J connectivity index is 0.000000181. The lowest BCUT2D eigenvalue weighted by Gasteiger charge is -2.43. The third-order valence-corrected chi connectivity index (χ3v) is 10.5. The molecule has 51 heavy (non-hydrogen) atoms. The van der Waals surface area contributed by atoms with Gasteiger partial charge in [-0.25, -0.2) is 0 Å². The summed E-state index contributed by atoms with van der Waals surface area (Å²) in [6.07, 6.45) is 4.52. The Bertz CT molecular complexity index is 1660. The summed E-state index contributed by atoms with van der Waals surface area (Å²) < 4.78 is 21.0. The molecule has 264 valence electrons. The molecule has 0 aromatic heterocycles. The highest BCUT2D eigenvalue weighted by Crippen LogP contribution is 2.47. The summed E-state index contributed by atoms with van der Waals surface area (Å²) in [5, 5.41) is 16.9. The summed E-state index contributed by atoms with van der Waals surface area (Å²) in [6, 6.07) is 46.7. The minimum atomic E-state index is -3.08. The second-order valence-corrected chi connectivity index (χ2v) is 14.3. The van der Waals surface area contributed by atoms with E-state index in [1.54, 1.807) is 26.0 Å². The Hall–Kier alpha value is -4.66. The molecule has 4 aromatic rings. The Kier molecular flexibility index (Phi) is 16.0. The number of carbonyl (C=O) groups is 1. The first-order chi connectivity index (χ1) is 24.9. The van der Waals surface area contributed by atoms with Crippen molar-refractivity contribution in [2.75, 3.05) is 45.6 Å². The lowest BCUT2D eigenvalue weighted by molar-refractivity contribution is -0.116. The Morgan fingerprint density at radius 2 is 1.02 bits per heavy atom. The molecule has 0 saturated carbocycles. The van der Waals surface area contributed by atoms with Gasteiger partial charge in [-0.3, -0.25) is 14.4 Å². The standard InChI is InChI=1S/C19H18N2.C17H17NO.C6H12NO3P/c20-13-7-8-16-14-21(15-16)19(17-9-3-1-4-10-17)18-11-5-2-6-12-18;19-13-14-11-18(12-14)17(15-7-3-1-4-8-15)16-9-5-2-6-10-16;1-3-9-11(8,6-5-7)10-4-2/h1-12,16,19H,14-15H2;1-10,13-14,17H,11-12H2;3-4,6H2,1-2H3/b8-7+;;. The summed E-state index contributed by atoms with van der Waals surface area (Å²) in [5.41, 5.74) is 5.23. The number of carbonyl (C=O) groups excluding carboxylic acids is 1. The van der Waals surface area contributed by atoms with Crippen LogP contribution in [0.4, 0.5) is 0 Å². The fraction of sp³-hybridized carbons (Fsp3) is 0.310. The van der Waals surface area contributed by atoms with Crippen LogP contribution in [0, 0.1) is 34.5 Å². The van der Waals surface area contributed by atoms with E-state index in [0.29, 0.717) is 25.2 Å². The van der Waals surface area contributed by atoms with Gasteiger partial charge in [0.05, 0.1) is 37.4 Å². The number of likely N-dealkylation sites (tertiary alicyclic amines) is 2. The zero-order valence-electron chi connectivity index (χ0n) is 29.4. The SMILES string of the molecule is CCOP(=O)(CC#N)OCC.N#C/C=C/C1CN(C(c2ccccc2)c2ccccc2)C1.O=CC1CN(C(c2ccccc2)c2ccccc2)C1. The number of nitrogens with zero attached hydrogens (tertiary/aromatic N) is 4. The molecule has 2 fully saturated rings. The van der Waals surface area contributed by atoms with Crippen molar-refractivity contribution in [2.45, 2.75) is 25.9 Å². The van der Waals surface area contributed by atoms with Crippen molar-refractivity contribution in [3.05, 3.63) is 156 Å². The van der Waals surface area contributed by atoms with Gasteiger partial charge in [0.15, 0.2) is 0 Å². The van der Waals surface area contributed by atoms with Gasteiger partial charge >= 0.3 is 7.60 Å². The maximum Gasteiger partial charge on any atom is 0.344 e. The maximum absolute atomic E-state index is 11.3. The van der Waals surface area contributed by atoms with Gasteiger partial charge in [-0.2, -0.15) is 10.5 Å². The summed E-state index contributed by atoms with van der Waals surface area (Å²) >= 11 is 0. The second kappa shape index (κ2) is 20.9. The van der Waals surface area contributed by atoms with Crippen molar-refractivity contribution >= 4 is 13.9 Å². The highest BCUT2D eigenvalue weighted by molar-refractivity contribution is 7.54. The fourth-order valence-corrected chi connectivity index (χ4v) is 7.50. The number of hydrogen-bond donors (Lipinski definition) is 0. The Morgan fingerprint density at radius 3 is 1.31 bits per heavy atom. The molecule has 4 aromatic carbocycles. The Morgan fingerprint density at radius 1 is 0.667 bits per heavy atom. The number of aldehydes is 1. The maximum atomic E-state index is 11.3. The normalized spacial score (nSPS) is 15.0. The smallest absolute Gasteiger partial charge is 0.308 e. The van der Waals surface area contributed by atoms with E-state index >= 15 is 0 Å². The van der Waals surface area contributed by atoms with E-state index in [1.807, 2.05) is 18.2 Å². The largest absolute Gasteiger partial charge is 0.344 e. The van der Waals surface area contributed by atoms with E-state index < -0.39 is 7.60 Å². The van der Waals surface area contributed by atoms with Crippen molar-refractivity contribution < 1.29 is 18.4 Å². The molecule has 0 radical (unpaired) electrons. The number of rotatable bonds is 13. The molecule has 2 heterocycles. The highest BCUT2D eigenvalue weighted by atomic mass is 31.2. The Labute approximate surface area is 303 Å². The molecule has 0 N–H and O–H groups in total. The molecule has 0 amide bonds. The van der Waals surface area contributed by atoms with Gasteiger partial charge in [0.2, 0.25) is 0 Å². The lowest BCUT2D eigenvalue weighted by atomic mass is 9.90. The summed E-state index contributed by atoms with van der Waals surface area (Å²) in [6.45, 7) is 7.76. The quantitative estimate of drug-likeness (QED) is 0.0776. The van der Waals surface area contributed by atoms with Crippen molar-refractivity contribution in [3.63, 3.8) is 0 Å². The molecule has 6 rings (SSSR count). The minimum Gasteiger partial charge on any atom is -0.308 e. The van der Waals surface area contributed by atoms with Gasteiger partial charge in [-0.05, 0) is 36.1 Å². The van der Waals surface area contributed by atoms with Crippen LogP contribution < -0.4 is 0 Å². The van der Waals surface area contributed by atoms with Gasteiger partial charge in [0.25, 0.3) is 0 Å². The molecule has 0 bridgehead atoms. The van der Waals surface area contributed by atoms with E-state index in [2.05, 4.69) is 125 Å². The molecule has 8 nitrogen and oxygen atoms in total. The molecule has 9 heteroatoms. The minimum absolute atomic E-state index is 0.172. The van der Waals surface area contributed by atoms with Crippen LogP contribution in [0.25, 0.3) is 0 Å². The molecular formula is C42H47N4O4P. The summed E-state index contributed by atoms with van der Waals surface area (Å²) in [4.78, 5) is 15.6. The molecule has 2 aliphatic heterocycles. The molecule has 0 atom stereocenters. The highest BCUT2D eigenvalue weighted by Gasteiger charge is 2.34. The van der Waals surface area contributed by atoms with Crippen molar-refractivity contribution in [1.29, 1.82) is 10.5 Å². The van der Waals surface area contributed by atoms with Gasteiger partial charge in [0.1, 0.15) is 12.4 Å². The van der Waals surface area contributed by atoms with Crippen LogP contribution >= 0.6 is 7.60 Å². The van der Waals surface area contributed by atoms with Crippen LogP contribution in [0.1, 0.15) is 48.2 Å². The van der Waals surface area contributed by atoms with Crippen LogP contribution in [-0.2, 0) is 18.4 Å². The molecule has 2 saturated heterocycles. The number of nitriles is 2. The van der Waals surface area contributed by atoms with Crippen LogP contribution in [-0.4, -0.2) is 61.6 Å². The first kappa shape index (κ1) is 39.1. The average molecular weight is 703 g/mol. The van der Waals surface area contributed by atoms with Crippen LogP contribution in [0.2, 0.25) is 0 Å². The molecular weight excluding hydrogens is 655 g/mol. The third-order valence-electron chi connectivity index (χ3n) is 8.62. The third kappa shape index (κ3) is 11.7. The molecule has 0 spiro atoms. The van der Waals surface area contributed by atoms with Crippen LogP contribution in [0.5, 0.6) is 0 Å². The molecule has 0 aliphatic carbocycles. The first-order valence-electron chi connectivity index (χ1n) is 17.4. The van der Waals surface area contributed by atoms with Gasteiger partial charge < -0.3 is 13.8 Å². The van der Waals surface area contributed by atoms with Crippen LogP contribution in [0.3, 0.4) is 0 Å². The van der Waals surface area contributed by atoms with Crippen molar-refractivity contribution in [2.24, 2.45) is 11.8 Å². The predicted octanol–water partition coefficient (Wildman–Crippen LogP) is 8.47. The zero-order chi connectivity index (χ0) is 36.3. The van der Waals surface area contributed by atoms with E-state index in [0.717, 1.165) is 32.5 Å². The topological polar surface area (TPSA) is 107 Å². The number of allylic oxidation sites excluding steroid dienone is 1. The van der Waals surface area contributed by atoms with Gasteiger partial charge in [-0.15, -0.1) is 0 Å². The first-order valence-corrected chi connectivity index (χ1v) is 19.1. The number of hydrogen-bond acceptors (Lipinski definition) is 8. The average Bonchev–Trinajstić information content (AvgIpc) is 3.13. The fourth-order valence-electron chi connectivity index (χ4n) is 6.28. The van der Waals surface area contributed by atoms with Gasteiger partial charge in [-0.1, -0.05) is 127 Å². The number of benzene rings is 4. The second-order valence-electron chi connectivity index (χ2n) is 12.3. The monoisotopic (exact) mass is 702 g/mol. The summed E-state index contributed by atoms with van der Waals surface area (Å²) in [7, 11) is -3.08. The van der Waals surface area contributed by atoms with E-state index in [-0.39, 0.29) is 18.1 Å². The van der Waals surface area contributed by atoms with E-state index in [9.17, 15) is 9.36 Å². The predicted molar refractivity (Wildman–Crippen MR) is 202 cm³/mol. The van der Waals surface area contributed by atoms with Crippen molar-refractivity contribution in [3.8, 4) is 12.1 Å². The van der Waals surface area contributed by atoms with Crippen LogP contribution in [0.15, 0.2) is 133 Å². The van der Waals surface area contributed by atoms with E-state index in [1.165, 1.54) is 22.3 Å². The zero-order valence-corrected chi connectivity index (χ0v) is 30.3. The van der Waals surface area contributed by atoms with Gasteiger partial charge in [0, 0.05) is 44.1 Å². The molecule has 2 aliphatic rings. The molecule has 0 unspecified atom stereocenters. The van der Waals surface area contributed by atoms with E-state index in [4.69, 9.17) is 19.6 Å².